The van der Waals surface area contributed by atoms with Crippen molar-refractivity contribution in [2.24, 2.45) is 0 Å². The lowest BCUT2D eigenvalue weighted by Gasteiger charge is -2.12. The molecule has 1 aromatic carbocycles. The molecule has 0 saturated carbocycles. The number of hydrogen-bond acceptors (Lipinski definition) is 3. The summed E-state index contributed by atoms with van der Waals surface area (Å²) >= 11 is 0. The van der Waals surface area contributed by atoms with Crippen LogP contribution in [-0.2, 0) is 0 Å². The molecule has 3 nitrogen and oxygen atoms in total. The van der Waals surface area contributed by atoms with Gasteiger partial charge in [-0.2, -0.15) is 0 Å². The van der Waals surface area contributed by atoms with Crippen LogP contribution in [0.15, 0.2) is 12.1 Å². The van der Waals surface area contributed by atoms with Gasteiger partial charge in [0.25, 0.3) is 0 Å². The Hall–Kier alpha value is -1.36. The minimum Gasteiger partial charge on any atom is -0.486 e. The maximum Gasteiger partial charge on any atom is 0.190 e. The third-order valence-electron chi connectivity index (χ3n) is 1.81. The van der Waals surface area contributed by atoms with Crippen molar-refractivity contribution in [1.29, 1.82) is 0 Å². The minimum absolute atomic E-state index is 0.0463. The molecule has 84 valence electrons. The van der Waals surface area contributed by atoms with Crippen LogP contribution in [0.1, 0.15) is 0 Å². The lowest BCUT2D eigenvalue weighted by molar-refractivity contribution is 0.242. The van der Waals surface area contributed by atoms with Crippen molar-refractivity contribution in [3.8, 4) is 5.75 Å². The molecule has 2 N–H and O–H groups in total. The molecule has 0 aliphatic carbocycles. The quantitative estimate of drug-likeness (QED) is 0.775. The standard InChI is InChI=1S/C10H14F2N2O/c1-14(2)3-4-15-10-8(11)5-7(13)6-9(10)12/h5-6H,3-4,13H2,1-2H3. The smallest absolute Gasteiger partial charge is 0.190 e. The van der Waals surface area contributed by atoms with E-state index in [1.807, 2.05) is 19.0 Å². The fourth-order valence-corrected chi connectivity index (χ4v) is 1.05. The number of hydrogen-bond donors (Lipinski definition) is 1. The number of nitrogens with two attached hydrogens (primary N) is 1. The first-order chi connectivity index (χ1) is 7.00. The van der Waals surface area contributed by atoms with E-state index in [9.17, 15) is 8.78 Å². The topological polar surface area (TPSA) is 38.5 Å². The fraction of sp³-hybridized carbons (Fsp3) is 0.400. The zero-order chi connectivity index (χ0) is 11.4. The highest BCUT2D eigenvalue weighted by molar-refractivity contribution is 5.44. The van der Waals surface area contributed by atoms with Crippen molar-refractivity contribution in [3.63, 3.8) is 0 Å². The molecule has 0 aromatic heterocycles. The summed E-state index contributed by atoms with van der Waals surface area (Å²) in [5.41, 5.74) is 5.31. The van der Waals surface area contributed by atoms with Crippen LogP contribution in [0.2, 0.25) is 0 Å². The van der Waals surface area contributed by atoms with E-state index in [0.29, 0.717) is 6.54 Å². The summed E-state index contributed by atoms with van der Waals surface area (Å²) in [5.74, 6) is -1.91. The fourth-order valence-electron chi connectivity index (χ4n) is 1.05. The lowest BCUT2D eigenvalue weighted by atomic mass is 10.3. The van der Waals surface area contributed by atoms with Crippen molar-refractivity contribution >= 4 is 5.69 Å². The SMILES string of the molecule is CN(C)CCOc1c(F)cc(N)cc1F. The van der Waals surface area contributed by atoms with E-state index in [1.165, 1.54) is 0 Å². The molecule has 0 heterocycles. The molecule has 0 atom stereocenters. The normalized spacial score (nSPS) is 10.7. The molecule has 0 saturated heterocycles. The highest BCUT2D eigenvalue weighted by Crippen LogP contribution is 2.24. The van der Waals surface area contributed by atoms with Crippen LogP contribution in [0.3, 0.4) is 0 Å². The zero-order valence-electron chi connectivity index (χ0n) is 8.76. The van der Waals surface area contributed by atoms with Gasteiger partial charge in [0.15, 0.2) is 17.4 Å². The van der Waals surface area contributed by atoms with Gasteiger partial charge in [-0.05, 0) is 14.1 Å². The van der Waals surface area contributed by atoms with Gasteiger partial charge < -0.3 is 15.4 Å². The third-order valence-corrected chi connectivity index (χ3v) is 1.81. The second kappa shape index (κ2) is 4.93. The number of anilines is 1. The van der Waals surface area contributed by atoms with Crippen LogP contribution in [0.5, 0.6) is 5.75 Å². The third kappa shape index (κ3) is 3.36. The number of nitrogen functional groups attached to an aromatic ring is 1. The summed E-state index contributed by atoms with van der Waals surface area (Å²) in [5, 5.41) is 0. The molecule has 1 rings (SSSR count). The molecule has 0 unspecified atom stereocenters. The number of likely N-dealkylation sites (N-methyl/N-ethyl adjacent to an activating group) is 1. The molecule has 1 aromatic rings. The zero-order valence-corrected chi connectivity index (χ0v) is 8.76. The summed E-state index contributed by atoms with van der Waals surface area (Å²) in [6.07, 6.45) is 0. The van der Waals surface area contributed by atoms with Crippen molar-refractivity contribution in [1.82, 2.24) is 4.90 Å². The first-order valence-electron chi connectivity index (χ1n) is 4.52. The molecule has 0 spiro atoms. The molecule has 0 aliphatic heterocycles. The average Bonchev–Trinajstić information content (AvgIpc) is 2.08. The Balaban J connectivity index is 2.68. The van der Waals surface area contributed by atoms with Gasteiger partial charge in [-0.25, -0.2) is 8.78 Å². The van der Waals surface area contributed by atoms with E-state index in [1.54, 1.807) is 0 Å². The van der Waals surface area contributed by atoms with Crippen LogP contribution in [0.25, 0.3) is 0 Å². The first kappa shape index (κ1) is 11.7. The van der Waals surface area contributed by atoms with Gasteiger partial charge in [0, 0.05) is 24.4 Å². The van der Waals surface area contributed by atoms with Crippen LogP contribution >= 0.6 is 0 Å². The Morgan fingerprint density at radius 3 is 2.27 bits per heavy atom. The van der Waals surface area contributed by atoms with Crippen LogP contribution < -0.4 is 10.5 Å². The number of nitrogens with zero attached hydrogens (tertiary/aromatic N) is 1. The Morgan fingerprint density at radius 2 is 1.80 bits per heavy atom. The number of halogens is 2. The predicted octanol–water partition coefficient (Wildman–Crippen LogP) is 1.49. The highest BCUT2D eigenvalue weighted by atomic mass is 19.1. The Bertz CT molecular complexity index is 319. The molecule has 0 amide bonds. The highest BCUT2D eigenvalue weighted by Gasteiger charge is 2.11. The Morgan fingerprint density at radius 1 is 1.27 bits per heavy atom. The van der Waals surface area contributed by atoms with Gasteiger partial charge in [-0.15, -0.1) is 0 Å². The van der Waals surface area contributed by atoms with Gasteiger partial charge in [0.1, 0.15) is 6.61 Å². The van der Waals surface area contributed by atoms with E-state index in [2.05, 4.69) is 0 Å². The van der Waals surface area contributed by atoms with Crippen molar-refractivity contribution in [2.75, 3.05) is 33.0 Å². The second-order valence-electron chi connectivity index (χ2n) is 3.47. The summed E-state index contributed by atoms with van der Waals surface area (Å²) in [4.78, 5) is 1.85. The van der Waals surface area contributed by atoms with Gasteiger partial charge in [0.2, 0.25) is 0 Å². The average molecular weight is 216 g/mol. The van der Waals surface area contributed by atoms with Gasteiger partial charge >= 0.3 is 0 Å². The van der Waals surface area contributed by atoms with E-state index in [0.717, 1.165) is 12.1 Å². The molecule has 0 fully saturated rings. The first-order valence-corrected chi connectivity index (χ1v) is 4.52. The molecule has 0 bridgehead atoms. The molecular formula is C10H14F2N2O. The van der Waals surface area contributed by atoms with E-state index < -0.39 is 11.6 Å². The minimum atomic E-state index is -0.772. The summed E-state index contributed by atoms with van der Waals surface area (Å²) in [6.45, 7) is 0.814. The largest absolute Gasteiger partial charge is 0.486 e. The maximum atomic E-state index is 13.2. The van der Waals surface area contributed by atoms with Gasteiger partial charge in [-0.1, -0.05) is 0 Å². The molecule has 0 aliphatic rings. The molecule has 0 radical (unpaired) electrons. The monoisotopic (exact) mass is 216 g/mol. The van der Waals surface area contributed by atoms with Crippen LogP contribution in [0.4, 0.5) is 14.5 Å². The predicted molar refractivity (Wildman–Crippen MR) is 54.8 cm³/mol. The summed E-state index contributed by atoms with van der Waals surface area (Å²) in [6, 6.07) is 2.07. The maximum absolute atomic E-state index is 13.2. The second-order valence-corrected chi connectivity index (χ2v) is 3.47. The van der Waals surface area contributed by atoms with Gasteiger partial charge in [-0.3, -0.25) is 0 Å². The van der Waals surface area contributed by atoms with E-state index >= 15 is 0 Å². The summed E-state index contributed by atoms with van der Waals surface area (Å²) < 4.78 is 31.3. The van der Waals surface area contributed by atoms with Crippen LogP contribution in [0, 0.1) is 11.6 Å². The Kier molecular flexibility index (Phi) is 3.85. The van der Waals surface area contributed by atoms with Crippen molar-refractivity contribution in [2.45, 2.75) is 0 Å². The van der Waals surface area contributed by atoms with Gasteiger partial charge in [0.05, 0.1) is 0 Å². The van der Waals surface area contributed by atoms with Crippen LogP contribution in [-0.4, -0.2) is 32.1 Å². The number of rotatable bonds is 4. The lowest BCUT2D eigenvalue weighted by Crippen LogP contribution is -2.20. The summed E-state index contributed by atoms with van der Waals surface area (Å²) in [7, 11) is 3.69. The molecule has 5 heteroatoms. The number of ether oxygens (including phenoxy) is 1. The Labute approximate surface area is 87.4 Å². The van der Waals surface area contributed by atoms with E-state index in [-0.39, 0.29) is 18.0 Å². The molecule has 15 heavy (non-hydrogen) atoms. The number of benzene rings is 1. The van der Waals surface area contributed by atoms with E-state index in [4.69, 9.17) is 10.5 Å². The van der Waals surface area contributed by atoms with Crippen molar-refractivity contribution in [3.05, 3.63) is 23.8 Å². The molecular weight excluding hydrogens is 202 g/mol. The van der Waals surface area contributed by atoms with Crippen molar-refractivity contribution < 1.29 is 13.5 Å².